The summed E-state index contributed by atoms with van der Waals surface area (Å²) in [6.45, 7) is 0.543. The predicted octanol–water partition coefficient (Wildman–Crippen LogP) is 12.7. The second-order valence-electron chi connectivity index (χ2n) is 23.1. The van der Waals surface area contributed by atoms with Gasteiger partial charge in [-0.15, -0.1) is 0 Å². The molecule has 10 atom stereocenters. The number of aliphatic hydroxyl groups excluding tert-OH is 1. The third kappa shape index (κ3) is 12.6. The molecule has 9 aromatic carbocycles. The Morgan fingerprint density at radius 1 is 0.451 bits per heavy atom. The van der Waals surface area contributed by atoms with Crippen LogP contribution >= 0.6 is 0 Å². The van der Waals surface area contributed by atoms with E-state index in [2.05, 4.69) is 10.3 Å². The lowest BCUT2D eigenvalue weighted by molar-refractivity contribution is -0.363. The van der Waals surface area contributed by atoms with Gasteiger partial charge in [-0.1, -0.05) is 182 Å². The van der Waals surface area contributed by atoms with Crippen LogP contribution in [0, 0.1) is 11.6 Å². The predicted molar refractivity (Wildman–Crippen MR) is 336 cm³/mol. The minimum atomic E-state index is -1.61. The van der Waals surface area contributed by atoms with Gasteiger partial charge in [-0.3, -0.25) is 14.9 Å². The summed E-state index contributed by atoms with van der Waals surface area (Å²) in [5, 5.41) is 17.3. The Morgan fingerprint density at radius 3 is 1.37 bits per heavy atom. The van der Waals surface area contributed by atoms with Gasteiger partial charge in [-0.05, 0) is 69.8 Å². The van der Waals surface area contributed by atoms with Gasteiger partial charge in [-0.25, -0.2) is 8.78 Å². The summed E-state index contributed by atoms with van der Waals surface area (Å²) in [6.07, 6.45) is -12.3. The van der Waals surface area contributed by atoms with Gasteiger partial charge in [0.25, 0.3) is 11.8 Å². The zero-order valence-corrected chi connectivity index (χ0v) is 49.4. The molecule has 0 bridgehead atoms. The summed E-state index contributed by atoms with van der Waals surface area (Å²) in [5.74, 6) is -2.52. The van der Waals surface area contributed by atoms with Crippen LogP contribution in [0.15, 0.2) is 218 Å². The summed E-state index contributed by atoms with van der Waals surface area (Å²) >= 11 is 0. The molecule has 3 N–H and O–H groups in total. The fourth-order valence-electron chi connectivity index (χ4n) is 12.8. The average molecular weight is 1230 g/mol. The van der Waals surface area contributed by atoms with E-state index in [1.54, 1.807) is 16.7 Å². The molecule has 0 spiro atoms. The Kier molecular flexibility index (Phi) is 17.7. The van der Waals surface area contributed by atoms with Crippen molar-refractivity contribution in [2.75, 3.05) is 13.2 Å². The van der Waals surface area contributed by atoms with Crippen LogP contribution in [0.5, 0.6) is 0 Å². The van der Waals surface area contributed by atoms with Crippen LogP contribution in [0.1, 0.15) is 60.3 Å². The molecule has 91 heavy (non-hydrogen) atoms. The number of ether oxygens (including phenoxy) is 9. The third-order valence-corrected chi connectivity index (χ3v) is 17.1. The number of H-pyrrole nitrogens is 1. The zero-order valence-electron chi connectivity index (χ0n) is 49.4. The normalized spacial score (nSPS) is 22.5. The number of hydrogen-bond acceptors (Lipinski definition) is 12. The first-order valence-corrected chi connectivity index (χ1v) is 30.5. The molecule has 11 aromatic rings. The molecule has 0 aliphatic carbocycles. The van der Waals surface area contributed by atoms with Crippen molar-refractivity contribution in [1.29, 1.82) is 0 Å². The summed E-state index contributed by atoms with van der Waals surface area (Å²) in [4.78, 5) is 32.2. The van der Waals surface area contributed by atoms with Crippen LogP contribution in [0.2, 0.25) is 0 Å². The van der Waals surface area contributed by atoms with Gasteiger partial charge in [0.1, 0.15) is 60.5 Å². The molecule has 5 heterocycles. The Bertz CT molecular complexity index is 4320. The third-order valence-electron chi connectivity index (χ3n) is 17.1. The molecular formula is C74H65F2N3O12. The van der Waals surface area contributed by atoms with Crippen molar-refractivity contribution in [1.82, 2.24) is 14.9 Å². The van der Waals surface area contributed by atoms with E-state index in [1.807, 2.05) is 182 Å². The van der Waals surface area contributed by atoms with Gasteiger partial charge in [0, 0.05) is 27.1 Å². The number of carbonyl (C=O) groups is 2. The van der Waals surface area contributed by atoms with Crippen molar-refractivity contribution in [3.63, 3.8) is 0 Å². The highest BCUT2D eigenvalue weighted by molar-refractivity contribution is 6.39. The van der Waals surface area contributed by atoms with E-state index >= 15 is 8.78 Å². The first-order valence-electron chi connectivity index (χ1n) is 30.5. The number of amides is 2. The van der Waals surface area contributed by atoms with Gasteiger partial charge < -0.3 is 57.3 Å². The second kappa shape index (κ2) is 26.9. The van der Waals surface area contributed by atoms with E-state index in [0.29, 0.717) is 32.7 Å². The van der Waals surface area contributed by atoms with Gasteiger partial charge in [0.2, 0.25) is 0 Å². The van der Waals surface area contributed by atoms with Crippen molar-refractivity contribution >= 4 is 55.4 Å². The van der Waals surface area contributed by atoms with Crippen molar-refractivity contribution in [2.24, 2.45) is 0 Å². The fraction of sp³-hybridized carbons (Fsp3) is 0.243. The monoisotopic (exact) mass is 1230 g/mol. The smallest absolute Gasteiger partial charge is 0.259 e. The lowest BCUT2D eigenvalue weighted by atomic mass is 9.95. The van der Waals surface area contributed by atoms with Crippen LogP contribution in [0.25, 0.3) is 43.6 Å². The topological polar surface area (TPSA) is 170 Å². The molecule has 462 valence electrons. The highest BCUT2D eigenvalue weighted by atomic mass is 19.1. The quantitative estimate of drug-likeness (QED) is 0.0519. The minimum absolute atomic E-state index is 0.0124. The van der Waals surface area contributed by atoms with Crippen LogP contribution in [-0.2, 0) is 82.3 Å². The first kappa shape index (κ1) is 59.8. The molecule has 2 aromatic heterocycles. The summed E-state index contributed by atoms with van der Waals surface area (Å²) in [7, 11) is 0. The van der Waals surface area contributed by atoms with Crippen LogP contribution in [-0.4, -0.2) is 94.8 Å². The number of halogens is 2. The molecule has 3 aliphatic rings. The number of benzene rings is 9. The SMILES string of the molecule is O=C1NC(=O)c2c1c1c3ccc(F)cc3[nH]c1c1c2c2ccc(F)cc2n1[C@@H]1O[C@H](COCc2ccccc2)[C@@H](OCc2ccccc2)[C@H](OCc2ccccc2)[C@H]1O[C@@H]1O[C@H](COCc2ccccc2)[C@@H](OCc2ccccc2)[C@H](OCc2ccccc2)[C@H]1O. The summed E-state index contributed by atoms with van der Waals surface area (Å²) < 4.78 is 97.4. The molecule has 2 saturated heterocycles. The molecule has 14 rings (SSSR count). The number of nitrogens with one attached hydrogen (secondary N) is 2. The van der Waals surface area contributed by atoms with Crippen LogP contribution < -0.4 is 5.32 Å². The number of fused-ring (bicyclic) bond motifs is 10. The summed E-state index contributed by atoms with van der Waals surface area (Å²) in [5.41, 5.74) is 6.43. The standard InChI is InChI=1S/C74H65F2N3O12/c75-51-31-33-53-55(35-51)77-63-59(53)61-62(72(82)78-71(61)81)60-54-34-32-52(76)36-56(54)79(64(60)63)73-70(69(88-42-50-29-17-6-18-30-50)67(86-40-48-25-13-4-14-26-48)57(89-73)43-83-37-45-19-7-1-8-20-45)91-74-65(80)68(87-41-49-27-15-5-16-28-49)66(85-39-47-23-11-3-12-24-47)58(90-74)44-84-38-46-21-9-2-10-22-46/h1-36,57-58,65-70,73-74,77,80H,37-44H2,(H,78,81,82)/t57-,58-,65-,66-,67-,68-,69+,70-,73-,74+/m1/s1. The first-order chi connectivity index (χ1) is 44.7. The molecule has 2 amide bonds. The van der Waals surface area contributed by atoms with E-state index in [9.17, 15) is 14.7 Å². The Balaban J connectivity index is 0.969. The molecule has 3 aliphatic heterocycles. The van der Waals surface area contributed by atoms with Crippen molar-refractivity contribution in [2.45, 2.75) is 101 Å². The largest absolute Gasteiger partial charge is 0.385 e. The lowest BCUT2D eigenvalue weighted by Crippen LogP contribution is -2.64. The van der Waals surface area contributed by atoms with Crippen molar-refractivity contribution in [3.05, 3.63) is 275 Å². The molecule has 0 unspecified atom stereocenters. The second-order valence-corrected chi connectivity index (χ2v) is 23.1. The van der Waals surface area contributed by atoms with Crippen molar-refractivity contribution in [3.8, 4) is 0 Å². The van der Waals surface area contributed by atoms with Gasteiger partial charge in [-0.2, -0.15) is 0 Å². The van der Waals surface area contributed by atoms with Crippen LogP contribution in [0.4, 0.5) is 8.78 Å². The van der Waals surface area contributed by atoms with Gasteiger partial charge in [0.15, 0.2) is 12.5 Å². The summed E-state index contributed by atoms with van der Waals surface area (Å²) in [6, 6.07) is 66.2. The maximum absolute atomic E-state index is 16.6. The molecule has 0 saturated carbocycles. The number of imide groups is 1. The molecule has 0 radical (unpaired) electrons. The van der Waals surface area contributed by atoms with E-state index in [1.165, 1.54) is 24.3 Å². The number of aromatic nitrogens is 2. The van der Waals surface area contributed by atoms with Crippen molar-refractivity contribution < 1.29 is 66.1 Å². The number of hydrogen-bond donors (Lipinski definition) is 3. The minimum Gasteiger partial charge on any atom is -0.385 e. The lowest BCUT2D eigenvalue weighted by Gasteiger charge is -2.50. The maximum atomic E-state index is 16.6. The number of aromatic amines is 1. The van der Waals surface area contributed by atoms with Gasteiger partial charge >= 0.3 is 0 Å². The van der Waals surface area contributed by atoms with E-state index < -0.39 is 84.8 Å². The fourth-order valence-corrected chi connectivity index (χ4v) is 12.8. The molecule has 15 nitrogen and oxygen atoms in total. The molecule has 17 heteroatoms. The van der Waals surface area contributed by atoms with Gasteiger partial charge in [0.05, 0.1) is 80.5 Å². The number of carbonyl (C=O) groups excluding carboxylic acids is 2. The molecular weight excluding hydrogens is 1160 g/mol. The Morgan fingerprint density at radius 2 is 0.868 bits per heavy atom. The highest BCUT2D eigenvalue weighted by Crippen LogP contribution is 2.48. The van der Waals surface area contributed by atoms with E-state index in [0.717, 1.165) is 33.4 Å². The highest BCUT2D eigenvalue weighted by Gasteiger charge is 2.55. The average Bonchev–Trinajstić information content (AvgIpc) is 1.53. The number of rotatable bonds is 23. The number of nitrogens with zero attached hydrogens (tertiary/aromatic N) is 1. The number of aliphatic hydroxyl groups is 1. The van der Waals surface area contributed by atoms with E-state index in [4.69, 9.17) is 42.6 Å². The maximum Gasteiger partial charge on any atom is 0.259 e. The Labute approximate surface area is 522 Å². The van der Waals surface area contributed by atoms with E-state index in [-0.39, 0.29) is 74.9 Å². The zero-order chi connectivity index (χ0) is 61.8. The van der Waals surface area contributed by atoms with Crippen LogP contribution in [0.3, 0.4) is 0 Å². The Hall–Kier alpha value is -8.82. The molecule has 2 fully saturated rings.